The molecule has 3 heterocycles. The number of halogens is 2. The minimum absolute atomic E-state index is 0.0103. The molecule has 2 aromatic heterocycles. The molecule has 1 aliphatic heterocycles. The predicted octanol–water partition coefficient (Wildman–Crippen LogP) is 4.42. The zero-order valence-corrected chi connectivity index (χ0v) is 18.0. The average molecular weight is 463 g/mol. The summed E-state index contributed by atoms with van der Waals surface area (Å²) < 4.78 is 35.9. The van der Waals surface area contributed by atoms with Crippen molar-refractivity contribution in [2.45, 2.75) is 25.0 Å². The highest BCUT2D eigenvalue weighted by atomic mass is 32.1. The molecule has 10 heteroatoms. The Hall–Kier alpha value is -3.97. The minimum Gasteiger partial charge on any atom is -0.445 e. The number of rotatable bonds is 4. The van der Waals surface area contributed by atoms with Gasteiger partial charge in [-0.1, -0.05) is 19.1 Å². The van der Waals surface area contributed by atoms with E-state index in [2.05, 4.69) is 16.2 Å². The fraction of sp³-hybridized carbons (Fsp3) is 0.174. The molecule has 33 heavy (non-hydrogen) atoms. The monoisotopic (exact) mass is 463 g/mol. The van der Waals surface area contributed by atoms with Crippen LogP contribution in [0.3, 0.4) is 0 Å². The van der Waals surface area contributed by atoms with Gasteiger partial charge in [-0.05, 0) is 24.3 Å². The van der Waals surface area contributed by atoms with E-state index < -0.39 is 29.1 Å². The number of hydrogen-bond donors (Lipinski definition) is 0. The molecule has 0 radical (unpaired) electrons. The Balaban J connectivity index is 1.60. The van der Waals surface area contributed by atoms with Crippen LogP contribution in [-0.4, -0.2) is 25.7 Å². The van der Waals surface area contributed by atoms with Crippen LogP contribution in [0, 0.1) is 23.0 Å². The highest BCUT2D eigenvalue weighted by Gasteiger charge is 2.50. The zero-order chi connectivity index (χ0) is 23.2. The molecule has 0 N–H and O–H groups in total. The molecule has 0 spiro atoms. The molecule has 0 amide bonds. The van der Waals surface area contributed by atoms with Gasteiger partial charge in [0.05, 0.1) is 29.8 Å². The van der Waals surface area contributed by atoms with Gasteiger partial charge >= 0.3 is 5.97 Å². The summed E-state index contributed by atoms with van der Waals surface area (Å²) in [5.74, 6) is -2.91. The molecule has 164 valence electrons. The number of nitriles is 1. The van der Waals surface area contributed by atoms with Crippen LogP contribution in [0.1, 0.15) is 39.6 Å². The molecule has 7 nitrogen and oxygen atoms in total. The van der Waals surface area contributed by atoms with Gasteiger partial charge in [0.1, 0.15) is 23.0 Å². The van der Waals surface area contributed by atoms with Crippen molar-refractivity contribution in [3.8, 4) is 17.3 Å². The molecule has 0 aliphatic carbocycles. The predicted molar refractivity (Wildman–Crippen MR) is 114 cm³/mol. The maximum Gasteiger partial charge on any atom is 0.377 e. The van der Waals surface area contributed by atoms with E-state index in [1.54, 1.807) is 31.2 Å². The van der Waals surface area contributed by atoms with Crippen molar-refractivity contribution in [3.05, 3.63) is 87.8 Å². The van der Waals surface area contributed by atoms with Crippen molar-refractivity contribution in [1.82, 2.24) is 19.7 Å². The molecule has 2 aromatic carbocycles. The Morgan fingerprint density at radius 3 is 2.76 bits per heavy atom. The van der Waals surface area contributed by atoms with Crippen LogP contribution in [0.5, 0.6) is 0 Å². The van der Waals surface area contributed by atoms with E-state index in [1.807, 2.05) is 5.38 Å². The van der Waals surface area contributed by atoms with E-state index in [-0.39, 0.29) is 17.9 Å². The SMILES string of the molecule is C[C@@H](c1nc(-c2ccc(C#N)cc2)cs1)[C@@]1(c2ccc(F)cc2F)Cn2ncnc2C(=O)O1. The molecule has 0 saturated heterocycles. The molecule has 2 atom stereocenters. The van der Waals surface area contributed by atoms with Gasteiger partial charge < -0.3 is 4.74 Å². The van der Waals surface area contributed by atoms with Gasteiger partial charge in [-0.25, -0.2) is 28.2 Å². The second-order valence-corrected chi connectivity index (χ2v) is 8.52. The number of aromatic nitrogens is 4. The number of fused-ring (bicyclic) bond motifs is 1. The van der Waals surface area contributed by atoms with Crippen molar-refractivity contribution >= 4 is 17.3 Å². The Bertz CT molecular complexity index is 1410. The second-order valence-electron chi connectivity index (χ2n) is 7.63. The van der Waals surface area contributed by atoms with Crippen LogP contribution in [0.4, 0.5) is 8.78 Å². The summed E-state index contributed by atoms with van der Waals surface area (Å²) in [5.41, 5.74) is 0.525. The van der Waals surface area contributed by atoms with Crippen molar-refractivity contribution < 1.29 is 18.3 Å². The standard InChI is InChI=1S/C23H15F2N5O2S/c1-13(21-29-19(10-33-21)15-4-2-14(9-26)3-5-15)23(17-7-6-16(24)8-18(17)25)11-30-20(22(31)32-23)27-12-28-30/h2-8,10,12-13H,11H2,1H3/t13-,23+/m0/s1. The third-order valence-corrected chi connectivity index (χ3v) is 6.77. The van der Waals surface area contributed by atoms with Crippen LogP contribution in [0.25, 0.3) is 11.3 Å². The lowest BCUT2D eigenvalue weighted by molar-refractivity contribution is -0.0622. The topological polar surface area (TPSA) is 93.7 Å². The maximum absolute atomic E-state index is 15.0. The number of hydrogen-bond acceptors (Lipinski definition) is 7. The summed E-state index contributed by atoms with van der Waals surface area (Å²) in [5, 5.41) is 15.5. The molecule has 5 rings (SSSR count). The lowest BCUT2D eigenvalue weighted by Crippen LogP contribution is -2.47. The summed E-state index contributed by atoms with van der Waals surface area (Å²) in [6.45, 7) is 1.77. The van der Waals surface area contributed by atoms with Gasteiger partial charge in [0, 0.05) is 22.6 Å². The fourth-order valence-electron chi connectivity index (χ4n) is 3.97. The quantitative estimate of drug-likeness (QED) is 0.416. The number of benzene rings is 2. The maximum atomic E-state index is 15.0. The van der Waals surface area contributed by atoms with Gasteiger partial charge in [-0.15, -0.1) is 11.3 Å². The van der Waals surface area contributed by atoms with Crippen molar-refractivity contribution in [2.24, 2.45) is 0 Å². The number of carbonyl (C=O) groups excluding carboxylic acids is 1. The Kier molecular flexibility index (Phi) is 4.98. The number of ether oxygens (including phenoxy) is 1. The first-order chi connectivity index (χ1) is 15.9. The van der Waals surface area contributed by atoms with Crippen LogP contribution in [-0.2, 0) is 16.9 Å². The summed E-state index contributed by atoms with van der Waals surface area (Å²) in [4.78, 5) is 21.4. The van der Waals surface area contributed by atoms with E-state index in [1.165, 1.54) is 28.4 Å². The van der Waals surface area contributed by atoms with Crippen LogP contribution < -0.4 is 0 Å². The summed E-state index contributed by atoms with van der Waals surface area (Å²) in [7, 11) is 0. The van der Waals surface area contributed by atoms with E-state index >= 15 is 4.39 Å². The zero-order valence-electron chi connectivity index (χ0n) is 17.2. The lowest BCUT2D eigenvalue weighted by atomic mass is 9.81. The molecule has 0 unspecified atom stereocenters. The molecular weight excluding hydrogens is 448 g/mol. The van der Waals surface area contributed by atoms with E-state index in [0.29, 0.717) is 16.3 Å². The van der Waals surface area contributed by atoms with E-state index in [4.69, 9.17) is 15.0 Å². The number of nitrogens with zero attached hydrogens (tertiary/aromatic N) is 5. The molecular formula is C23H15F2N5O2S. The van der Waals surface area contributed by atoms with Gasteiger partial charge in [0.2, 0.25) is 5.82 Å². The molecule has 0 bridgehead atoms. The summed E-state index contributed by atoms with van der Waals surface area (Å²) in [6, 6.07) is 12.2. The molecule has 1 aliphatic rings. The van der Waals surface area contributed by atoms with Gasteiger partial charge in [0.15, 0.2) is 5.60 Å². The smallest absolute Gasteiger partial charge is 0.377 e. The van der Waals surface area contributed by atoms with Crippen molar-refractivity contribution in [3.63, 3.8) is 0 Å². The van der Waals surface area contributed by atoms with Crippen LogP contribution in [0.15, 0.2) is 54.2 Å². The van der Waals surface area contributed by atoms with Gasteiger partial charge in [-0.2, -0.15) is 10.4 Å². The summed E-state index contributed by atoms with van der Waals surface area (Å²) >= 11 is 1.33. The van der Waals surface area contributed by atoms with E-state index in [0.717, 1.165) is 17.7 Å². The summed E-state index contributed by atoms with van der Waals surface area (Å²) in [6.07, 6.45) is 1.23. The van der Waals surface area contributed by atoms with Crippen molar-refractivity contribution in [1.29, 1.82) is 5.26 Å². The normalized spacial score (nSPS) is 18.3. The van der Waals surface area contributed by atoms with Crippen LogP contribution in [0.2, 0.25) is 0 Å². The first-order valence-corrected chi connectivity index (χ1v) is 10.8. The number of carbonyl (C=O) groups is 1. The first kappa shape index (κ1) is 20.9. The molecule has 0 fully saturated rings. The molecule has 4 aromatic rings. The fourth-order valence-corrected chi connectivity index (χ4v) is 4.94. The average Bonchev–Trinajstić information content (AvgIpc) is 3.48. The Morgan fingerprint density at radius 2 is 2.03 bits per heavy atom. The Morgan fingerprint density at radius 1 is 1.24 bits per heavy atom. The number of thiazole rings is 1. The van der Waals surface area contributed by atoms with Gasteiger partial charge in [0.25, 0.3) is 0 Å². The molecule has 0 saturated carbocycles. The van der Waals surface area contributed by atoms with E-state index in [9.17, 15) is 9.18 Å². The highest BCUT2D eigenvalue weighted by molar-refractivity contribution is 7.10. The first-order valence-electron chi connectivity index (χ1n) is 9.94. The van der Waals surface area contributed by atoms with Crippen molar-refractivity contribution in [2.75, 3.05) is 0 Å². The van der Waals surface area contributed by atoms with Gasteiger partial charge in [-0.3, -0.25) is 0 Å². The highest BCUT2D eigenvalue weighted by Crippen LogP contribution is 2.46. The van der Waals surface area contributed by atoms with Crippen LogP contribution >= 0.6 is 11.3 Å². The largest absolute Gasteiger partial charge is 0.445 e. The third kappa shape index (κ3) is 3.47. The lowest BCUT2D eigenvalue weighted by Gasteiger charge is -2.40. The third-order valence-electron chi connectivity index (χ3n) is 5.75. The minimum atomic E-state index is -1.52. The number of cyclic esters (lactones) is 1. The number of esters is 1. The second kappa shape index (κ2) is 7.86. The Labute approximate surface area is 190 Å².